The van der Waals surface area contributed by atoms with Crippen LogP contribution < -0.4 is 5.32 Å². The molecule has 0 amide bonds. The fraction of sp³-hybridized carbons (Fsp3) is 0.600. The van der Waals surface area contributed by atoms with Crippen LogP contribution in [0.25, 0.3) is 0 Å². The summed E-state index contributed by atoms with van der Waals surface area (Å²) in [6, 6.07) is 4.33. The molecule has 2 atom stereocenters. The van der Waals surface area contributed by atoms with Crippen molar-refractivity contribution in [2.45, 2.75) is 25.1 Å². The number of nitrogens with one attached hydrogen (secondary N) is 1. The van der Waals surface area contributed by atoms with Gasteiger partial charge < -0.3 is 5.32 Å². The number of rotatable bonds is 4. The number of halogens is 4. The van der Waals surface area contributed by atoms with Gasteiger partial charge in [0.2, 0.25) is 0 Å². The second kappa shape index (κ2) is 6.99. The molecule has 2 nitrogen and oxygen atoms in total. The van der Waals surface area contributed by atoms with Gasteiger partial charge in [-0.05, 0) is 56.6 Å². The lowest BCUT2D eigenvalue weighted by Crippen LogP contribution is -2.42. The summed E-state index contributed by atoms with van der Waals surface area (Å²) in [6.45, 7) is 2.18. The highest BCUT2D eigenvalue weighted by atomic mass is 35.5. The second-order valence-corrected chi connectivity index (χ2v) is 6.08. The van der Waals surface area contributed by atoms with E-state index in [4.69, 9.17) is 11.6 Å². The van der Waals surface area contributed by atoms with Crippen LogP contribution in [0.1, 0.15) is 24.4 Å². The molecule has 2 rings (SSSR count). The van der Waals surface area contributed by atoms with Gasteiger partial charge in [-0.1, -0.05) is 23.7 Å². The highest BCUT2D eigenvalue weighted by molar-refractivity contribution is 6.30. The van der Waals surface area contributed by atoms with E-state index in [-0.39, 0.29) is 11.5 Å². The third kappa shape index (κ3) is 4.59. The van der Waals surface area contributed by atoms with Crippen LogP contribution >= 0.6 is 11.6 Å². The van der Waals surface area contributed by atoms with E-state index < -0.39 is 12.2 Å². The van der Waals surface area contributed by atoms with Gasteiger partial charge in [0, 0.05) is 11.6 Å². The monoisotopic (exact) mass is 320 g/mol. The number of hydrogen-bond donors (Lipinski definition) is 1. The molecule has 2 unspecified atom stereocenters. The first-order chi connectivity index (χ1) is 9.88. The van der Waals surface area contributed by atoms with Gasteiger partial charge in [-0.3, -0.25) is 4.90 Å². The molecular weight excluding hydrogens is 301 g/mol. The van der Waals surface area contributed by atoms with Crippen molar-refractivity contribution < 1.29 is 13.2 Å². The normalized spacial score (nSPS) is 21.5. The van der Waals surface area contributed by atoms with Gasteiger partial charge in [-0.25, -0.2) is 0 Å². The van der Waals surface area contributed by atoms with E-state index in [2.05, 4.69) is 5.32 Å². The van der Waals surface area contributed by atoms with Crippen molar-refractivity contribution in [1.82, 2.24) is 10.2 Å². The number of hydrogen-bond acceptors (Lipinski definition) is 2. The Morgan fingerprint density at radius 2 is 2.00 bits per heavy atom. The second-order valence-electron chi connectivity index (χ2n) is 5.65. The Kier molecular flexibility index (Phi) is 5.52. The maximum Gasteiger partial charge on any atom is 0.408 e. The minimum Gasteiger partial charge on any atom is -0.316 e. The molecule has 1 aromatic rings. The lowest BCUT2D eigenvalue weighted by atomic mass is 9.97. The van der Waals surface area contributed by atoms with Crippen LogP contribution in [0.4, 0.5) is 13.2 Å². The molecule has 1 aliphatic rings. The van der Waals surface area contributed by atoms with E-state index in [0.717, 1.165) is 25.9 Å². The highest BCUT2D eigenvalue weighted by Gasteiger charge is 2.43. The standard InChI is InChI=1S/C15H20ClF3N2/c1-21(10-11-3-2-8-20-9-11)14(15(17,18)19)12-4-6-13(16)7-5-12/h4-7,11,14,20H,2-3,8-10H2,1H3. The predicted molar refractivity (Wildman–Crippen MR) is 78.5 cm³/mol. The summed E-state index contributed by atoms with van der Waals surface area (Å²) in [5.41, 5.74) is 0.234. The average molecular weight is 321 g/mol. The summed E-state index contributed by atoms with van der Waals surface area (Å²) in [4.78, 5) is 1.40. The Balaban J connectivity index is 2.13. The summed E-state index contributed by atoms with van der Waals surface area (Å²) in [5.74, 6) is 0.265. The van der Waals surface area contributed by atoms with Crippen LogP contribution in [-0.4, -0.2) is 37.8 Å². The Hall–Kier alpha value is -0.780. The van der Waals surface area contributed by atoms with Crippen molar-refractivity contribution in [3.8, 4) is 0 Å². The van der Waals surface area contributed by atoms with Crippen LogP contribution in [0.2, 0.25) is 5.02 Å². The van der Waals surface area contributed by atoms with E-state index in [1.54, 1.807) is 7.05 Å². The van der Waals surface area contributed by atoms with Crippen molar-refractivity contribution in [1.29, 1.82) is 0 Å². The maximum atomic E-state index is 13.4. The number of benzene rings is 1. The third-order valence-corrected chi connectivity index (χ3v) is 4.13. The van der Waals surface area contributed by atoms with Crippen molar-refractivity contribution in [2.24, 2.45) is 5.92 Å². The summed E-state index contributed by atoms with van der Waals surface area (Å²) in [7, 11) is 1.54. The summed E-state index contributed by atoms with van der Waals surface area (Å²) < 4.78 is 40.3. The molecule has 0 aromatic heterocycles. The Morgan fingerprint density at radius 1 is 1.33 bits per heavy atom. The fourth-order valence-electron chi connectivity index (χ4n) is 2.93. The van der Waals surface area contributed by atoms with Crippen LogP contribution in [0.3, 0.4) is 0 Å². The van der Waals surface area contributed by atoms with Gasteiger partial charge in [0.05, 0.1) is 0 Å². The summed E-state index contributed by atoms with van der Waals surface area (Å²) in [6.07, 6.45) is -2.30. The molecule has 6 heteroatoms. The first-order valence-electron chi connectivity index (χ1n) is 7.11. The van der Waals surface area contributed by atoms with Gasteiger partial charge in [-0.2, -0.15) is 13.2 Å². The molecule has 0 bridgehead atoms. The number of nitrogens with zero attached hydrogens (tertiary/aromatic N) is 1. The van der Waals surface area contributed by atoms with Crippen molar-refractivity contribution in [3.63, 3.8) is 0 Å². The molecule has 1 aromatic carbocycles. The van der Waals surface area contributed by atoms with E-state index in [0.29, 0.717) is 11.6 Å². The van der Waals surface area contributed by atoms with E-state index in [1.807, 2.05) is 0 Å². The zero-order valence-corrected chi connectivity index (χ0v) is 12.7. The Morgan fingerprint density at radius 3 is 2.52 bits per heavy atom. The van der Waals surface area contributed by atoms with Gasteiger partial charge in [-0.15, -0.1) is 0 Å². The molecule has 0 saturated carbocycles. The minimum atomic E-state index is -4.30. The van der Waals surface area contributed by atoms with Crippen LogP contribution in [-0.2, 0) is 0 Å². The van der Waals surface area contributed by atoms with E-state index in [9.17, 15) is 13.2 Å². The molecule has 1 aliphatic heterocycles. The largest absolute Gasteiger partial charge is 0.408 e. The molecular formula is C15H20ClF3N2. The molecule has 1 heterocycles. The highest BCUT2D eigenvalue weighted by Crippen LogP contribution is 2.37. The minimum absolute atomic E-state index is 0.234. The van der Waals surface area contributed by atoms with Gasteiger partial charge in [0.1, 0.15) is 6.04 Å². The number of alkyl halides is 3. The first kappa shape index (κ1) is 16.6. The molecule has 0 aliphatic carbocycles. The molecule has 21 heavy (non-hydrogen) atoms. The smallest absolute Gasteiger partial charge is 0.316 e. The molecule has 1 saturated heterocycles. The van der Waals surface area contributed by atoms with Crippen molar-refractivity contribution >= 4 is 11.6 Å². The maximum absolute atomic E-state index is 13.4. The molecule has 118 valence electrons. The zero-order valence-electron chi connectivity index (χ0n) is 12.0. The third-order valence-electron chi connectivity index (χ3n) is 3.88. The summed E-state index contributed by atoms with van der Waals surface area (Å²) >= 11 is 5.76. The zero-order chi connectivity index (χ0) is 15.5. The fourth-order valence-corrected chi connectivity index (χ4v) is 3.06. The lowest BCUT2D eigenvalue weighted by Gasteiger charge is -2.34. The quantitative estimate of drug-likeness (QED) is 0.906. The predicted octanol–water partition coefficient (Wildman–Crippen LogP) is 3.87. The van der Waals surface area contributed by atoms with Crippen LogP contribution in [0.15, 0.2) is 24.3 Å². The molecule has 0 spiro atoms. The average Bonchev–Trinajstić information content (AvgIpc) is 2.41. The SMILES string of the molecule is CN(CC1CCCNC1)C(c1ccc(Cl)cc1)C(F)(F)F. The van der Waals surface area contributed by atoms with Gasteiger partial charge in [0.15, 0.2) is 0 Å². The van der Waals surface area contributed by atoms with Crippen LogP contribution in [0, 0.1) is 5.92 Å². The van der Waals surface area contributed by atoms with Crippen molar-refractivity contribution in [2.75, 3.05) is 26.7 Å². The van der Waals surface area contributed by atoms with Gasteiger partial charge in [0.25, 0.3) is 0 Å². The number of piperidine rings is 1. The molecule has 1 fully saturated rings. The van der Waals surface area contributed by atoms with E-state index in [1.165, 1.54) is 29.2 Å². The van der Waals surface area contributed by atoms with E-state index >= 15 is 0 Å². The molecule has 1 N–H and O–H groups in total. The lowest BCUT2D eigenvalue weighted by molar-refractivity contribution is -0.184. The topological polar surface area (TPSA) is 15.3 Å². The van der Waals surface area contributed by atoms with Gasteiger partial charge >= 0.3 is 6.18 Å². The Bertz CT molecular complexity index is 441. The van der Waals surface area contributed by atoms with Crippen LogP contribution in [0.5, 0.6) is 0 Å². The van der Waals surface area contributed by atoms with Crippen molar-refractivity contribution in [3.05, 3.63) is 34.9 Å². The first-order valence-corrected chi connectivity index (χ1v) is 7.49. The molecule has 0 radical (unpaired) electrons. The Labute approximate surface area is 128 Å². The summed E-state index contributed by atoms with van der Waals surface area (Å²) in [5, 5.41) is 3.68.